The Morgan fingerprint density at radius 2 is 1.47 bits per heavy atom. The molecule has 0 unspecified atom stereocenters. The van der Waals surface area contributed by atoms with Crippen molar-refractivity contribution in [1.82, 2.24) is 0 Å². The summed E-state index contributed by atoms with van der Waals surface area (Å²) in [6, 6.07) is 15.6. The number of halogens is 1. The fourth-order valence-electron chi connectivity index (χ4n) is 2.28. The molecule has 0 bridgehead atoms. The van der Waals surface area contributed by atoms with Crippen molar-refractivity contribution in [2.24, 2.45) is 0 Å². The van der Waals surface area contributed by atoms with Crippen LogP contribution < -0.4 is 9.80 Å². The summed E-state index contributed by atoms with van der Waals surface area (Å²) in [7, 11) is 0. The number of rotatable bonds is 2. The summed E-state index contributed by atoms with van der Waals surface area (Å²) >= 11 is 0. The minimum atomic E-state index is -0.370. The molecule has 0 saturated carbocycles. The molecule has 3 rings (SSSR count). The van der Waals surface area contributed by atoms with Crippen molar-refractivity contribution < 1.29 is 9.18 Å². The Kier molecular flexibility index (Phi) is 2.91. The molecule has 2 aromatic rings. The molecule has 2 aromatic carbocycles. The first kappa shape index (κ1) is 11.7. The number of hydrogen-bond acceptors (Lipinski definition) is 1. The van der Waals surface area contributed by atoms with E-state index in [1.54, 1.807) is 23.1 Å². The van der Waals surface area contributed by atoms with Gasteiger partial charge in [-0.3, -0.25) is 9.80 Å². The molecule has 1 saturated heterocycles. The average Bonchev–Trinajstić information content (AvgIpc) is 2.82. The number of nitrogens with zero attached hydrogens (tertiary/aromatic N) is 2. The minimum Gasteiger partial charge on any atom is -0.292 e. The van der Waals surface area contributed by atoms with E-state index >= 15 is 0 Å². The number of hydrogen-bond donors (Lipinski definition) is 0. The van der Waals surface area contributed by atoms with Crippen molar-refractivity contribution in [1.29, 1.82) is 0 Å². The van der Waals surface area contributed by atoms with Gasteiger partial charge >= 0.3 is 6.03 Å². The highest BCUT2D eigenvalue weighted by molar-refractivity contribution is 6.06. The second-order valence-corrected chi connectivity index (χ2v) is 4.37. The summed E-state index contributed by atoms with van der Waals surface area (Å²) < 4.78 is 13.7. The number of carbonyl (C=O) groups is 1. The van der Waals surface area contributed by atoms with E-state index in [0.717, 1.165) is 5.69 Å². The lowest BCUT2D eigenvalue weighted by Crippen LogP contribution is -2.32. The molecule has 4 heteroatoms. The second-order valence-electron chi connectivity index (χ2n) is 4.37. The van der Waals surface area contributed by atoms with Crippen LogP contribution in [0.4, 0.5) is 20.6 Å². The molecule has 1 heterocycles. The zero-order valence-electron chi connectivity index (χ0n) is 10.3. The minimum absolute atomic E-state index is 0.184. The topological polar surface area (TPSA) is 23.6 Å². The van der Waals surface area contributed by atoms with E-state index in [9.17, 15) is 9.18 Å². The van der Waals surface area contributed by atoms with E-state index in [0.29, 0.717) is 18.8 Å². The number of anilines is 2. The Labute approximate surface area is 110 Å². The molecule has 1 aliphatic rings. The predicted molar refractivity (Wildman–Crippen MR) is 72.9 cm³/mol. The van der Waals surface area contributed by atoms with Gasteiger partial charge in [0, 0.05) is 18.8 Å². The van der Waals surface area contributed by atoms with Gasteiger partial charge in [-0.05, 0) is 24.3 Å². The molecule has 1 aliphatic heterocycles. The molecule has 0 aromatic heterocycles. The molecule has 1 fully saturated rings. The van der Waals surface area contributed by atoms with Gasteiger partial charge in [0.1, 0.15) is 5.82 Å². The fourth-order valence-corrected chi connectivity index (χ4v) is 2.28. The lowest BCUT2D eigenvalue weighted by Gasteiger charge is -2.19. The molecule has 19 heavy (non-hydrogen) atoms. The third-order valence-corrected chi connectivity index (χ3v) is 3.22. The number of para-hydroxylation sites is 2. The van der Waals surface area contributed by atoms with Crippen LogP contribution in [0.5, 0.6) is 0 Å². The predicted octanol–water partition coefficient (Wildman–Crippen LogP) is 3.27. The zero-order valence-corrected chi connectivity index (χ0v) is 10.3. The first-order valence-corrected chi connectivity index (χ1v) is 6.16. The standard InChI is InChI=1S/C15H13FN2O/c16-13-8-4-5-9-14(13)18-11-10-17(15(18)19)12-6-2-1-3-7-12/h1-9H,10-11H2. The van der Waals surface area contributed by atoms with Crippen LogP contribution in [-0.4, -0.2) is 19.1 Å². The van der Waals surface area contributed by atoms with Gasteiger partial charge in [-0.25, -0.2) is 9.18 Å². The van der Waals surface area contributed by atoms with Crippen LogP contribution in [0.3, 0.4) is 0 Å². The number of amides is 2. The highest BCUT2D eigenvalue weighted by atomic mass is 19.1. The van der Waals surface area contributed by atoms with Gasteiger partial charge in [0.15, 0.2) is 0 Å². The van der Waals surface area contributed by atoms with Crippen molar-refractivity contribution >= 4 is 17.4 Å². The molecule has 96 valence electrons. The van der Waals surface area contributed by atoms with Crippen molar-refractivity contribution in [2.45, 2.75) is 0 Å². The zero-order chi connectivity index (χ0) is 13.2. The first-order valence-electron chi connectivity index (χ1n) is 6.16. The van der Waals surface area contributed by atoms with Crippen LogP contribution in [-0.2, 0) is 0 Å². The van der Waals surface area contributed by atoms with E-state index in [2.05, 4.69) is 0 Å². The Balaban J connectivity index is 1.89. The number of urea groups is 1. The van der Waals surface area contributed by atoms with Gasteiger partial charge in [0.05, 0.1) is 5.69 Å². The molecule has 3 nitrogen and oxygen atoms in total. The molecule has 0 spiro atoms. The second kappa shape index (κ2) is 4.72. The Morgan fingerprint density at radius 1 is 0.842 bits per heavy atom. The largest absolute Gasteiger partial charge is 0.329 e. The van der Waals surface area contributed by atoms with Crippen molar-refractivity contribution in [3.05, 3.63) is 60.4 Å². The van der Waals surface area contributed by atoms with Gasteiger partial charge in [-0.2, -0.15) is 0 Å². The van der Waals surface area contributed by atoms with Crippen molar-refractivity contribution in [3.63, 3.8) is 0 Å². The van der Waals surface area contributed by atoms with E-state index in [4.69, 9.17) is 0 Å². The van der Waals surface area contributed by atoms with Gasteiger partial charge in [-0.1, -0.05) is 30.3 Å². The molecular formula is C15H13FN2O. The quantitative estimate of drug-likeness (QED) is 0.809. The monoisotopic (exact) mass is 256 g/mol. The summed E-state index contributed by atoms with van der Waals surface area (Å²) in [6.07, 6.45) is 0. The molecular weight excluding hydrogens is 243 g/mol. The summed E-state index contributed by atoms with van der Waals surface area (Å²) in [4.78, 5) is 15.5. The lowest BCUT2D eigenvalue weighted by molar-refractivity contribution is 0.255. The number of carbonyl (C=O) groups excluding carboxylic acids is 1. The van der Waals surface area contributed by atoms with Gasteiger partial charge in [0.2, 0.25) is 0 Å². The Morgan fingerprint density at radius 3 is 2.21 bits per heavy atom. The maximum absolute atomic E-state index is 13.7. The Hall–Kier alpha value is -2.36. The molecule has 2 amide bonds. The highest BCUT2D eigenvalue weighted by Crippen LogP contribution is 2.26. The Bertz CT molecular complexity index is 600. The molecule has 0 aliphatic carbocycles. The van der Waals surface area contributed by atoms with Crippen molar-refractivity contribution in [2.75, 3.05) is 22.9 Å². The van der Waals surface area contributed by atoms with Gasteiger partial charge in [0.25, 0.3) is 0 Å². The van der Waals surface area contributed by atoms with Crippen LogP contribution in [0, 0.1) is 5.82 Å². The van der Waals surface area contributed by atoms with Crippen molar-refractivity contribution in [3.8, 4) is 0 Å². The maximum Gasteiger partial charge on any atom is 0.329 e. The maximum atomic E-state index is 13.7. The smallest absolute Gasteiger partial charge is 0.292 e. The van der Waals surface area contributed by atoms with Crippen LogP contribution in [0.25, 0.3) is 0 Å². The third kappa shape index (κ3) is 2.05. The van der Waals surface area contributed by atoms with E-state index in [-0.39, 0.29) is 11.8 Å². The van der Waals surface area contributed by atoms with Crippen LogP contribution in [0.15, 0.2) is 54.6 Å². The summed E-state index contributed by atoms with van der Waals surface area (Å²) in [5, 5.41) is 0. The lowest BCUT2D eigenvalue weighted by atomic mass is 10.3. The van der Waals surface area contributed by atoms with Crippen LogP contribution in [0.2, 0.25) is 0 Å². The average molecular weight is 256 g/mol. The molecule has 0 radical (unpaired) electrons. The molecule has 0 N–H and O–H groups in total. The summed E-state index contributed by atoms with van der Waals surface area (Å²) in [6.45, 7) is 1.06. The number of benzene rings is 2. The summed E-state index contributed by atoms with van der Waals surface area (Å²) in [5.74, 6) is -0.370. The normalized spacial score (nSPS) is 15.1. The van der Waals surface area contributed by atoms with Crippen LogP contribution in [0.1, 0.15) is 0 Å². The van der Waals surface area contributed by atoms with Gasteiger partial charge in [-0.15, -0.1) is 0 Å². The van der Waals surface area contributed by atoms with Gasteiger partial charge < -0.3 is 0 Å². The third-order valence-electron chi connectivity index (χ3n) is 3.22. The fraction of sp³-hybridized carbons (Fsp3) is 0.133. The molecule has 0 atom stereocenters. The summed E-state index contributed by atoms with van der Waals surface area (Å²) in [5.41, 5.74) is 1.18. The van der Waals surface area contributed by atoms with E-state index < -0.39 is 0 Å². The SMILES string of the molecule is O=C1N(c2ccccc2)CCN1c1ccccc1F. The van der Waals surface area contributed by atoms with Crippen LogP contribution >= 0.6 is 0 Å². The first-order chi connectivity index (χ1) is 9.27. The van der Waals surface area contributed by atoms with E-state index in [1.807, 2.05) is 30.3 Å². The highest BCUT2D eigenvalue weighted by Gasteiger charge is 2.31. The van der Waals surface area contributed by atoms with E-state index in [1.165, 1.54) is 11.0 Å².